The summed E-state index contributed by atoms with van der Waals surface area (Å²) in [4.78, 5) is 12.4. The molecule has 1 unspecified atom stereocenters. The van der Waals surface area contributed by atoms with Crippen molar-refractivity contribution in [1.29, 1.82) is 0 Å². The van der Waals surface area contributed by atoms with Crippen LogP contribution in [0.2, 0.25) is 0 Å². The first-order valence-electron chi connectivity index (χ1n) is 9.34. The molecule has 0 saturated heterocycles. The summed E-state index contributed by atoms with van der Waals surface area (Å²) in [5.74, 6) is 0.186. The summed E-state index contributed by atoms with van der Waals surface area (Å²) in [6, 6.07) is 0. The summed E-state index contributed by atoms with van der Waals surface area (Å²) in [7, 11) is 0. The Bertz CT molecular complexity index is 309. The summed E-state index contributed by atoms with van der Waals surface area (Å²) in [6.45, 7) is 14.2. The molecule has 0 fully saturated rings. The average molecular weight is 313 g/mol. The Morgan fingerprint density at radius 2 is 1.45 bits per heavy atom. The Morgan fingerprint density at radius 3 is 1.82 bits per heavy atom. The number of amides is 1. The van der Waals surface area contributed by atoms with Gasteiger partial charge in [0.25, 0.3) is 0 Å². The van der Waals surface area contributed by atoms with E-state index in [2.05, 4.69) is 46.9 Å². The minimum atomic E-state index is -0.536. The predicted octanol–water partition coefficient (Wildman–Crippen LogP) is 4.64. The lowest BCUT2D eigenvalue weighted by Crippen LogP contribution is -2.61. The Kier molecular flexibility index (Phi) is 9.99. The van der Waals surface area contributed by atoms with Gasteiger partial charge in [-0.2, -0.15) is 0 Å². The molecule has 3 heteroatoms. The fraction of sp³-hybridized carbons (Fsp3) is 0.947. The van der Waals surface area contributed by atoms with Crippen LogP contribution in [0.25, 0.3) is 0 Å². The number of hydrogen-bond acceptors (Lipinski definition) is 2. The zero-order chi connectivity index (χ0) is 17.2. The van der Waals surface area contributed by atoms with E-state index in [1.54, 1.807) is 0 Å². The van der Waals surface area contributed by atoms with Crippen molar-refractivity contribution in [3.05, 3.63) is 0 Å². The van der Waals surface area contributed by atoms with Gasteiger partial charge in [-0.05, 0) is 37.0 Å². The predicted molar refractivity (Wildman–Crippen MR) is 96.8 cm³/mol. The third-order valence-electron chi connectivity index (χ3n) is 4.86. The van der Waals surface area contributed by atoms with Gasteiger partial charge in [0.05, 0.1) is 0 Å². The second-order valence-electron chi connectivity index (χ2n) is 7.63. The van der Waals surface area contributed by atoms with Crippen LogP contribution in [0.5, 0.6) is 0 Å². The van der Waals surface area contributed by atoms with Gasteiger partial charge in [-0.25, -0.2) is 0 Å². The first-order valence-corrected chi connectivity index (χ1v) is 9.34. The van der Waals surface area contributed by atoms with Crippen LogP contribution < -0.4 is 11.1 Å². The summed E-state index contributed by atoms with van der Waals surface area (Å²) in [6.07, 6.45) is 8.48. The first kappa shape index (κ1) is 21.4. The number of carbonyl (C=O) groups excluding carboxylic acids is 1. The standard InChI is InChI=1S/C19H40N2O/c1-7-11-16(12-8-2)19(14-10-4,17(20)22)21-15-18(5,6)13-9-3/h16,21H,7-15H2,1-6H3,(H2,20,22). The van der Waals surface area contributed by atoms with Crippen molar-refractivity contribution in [2.45, 2.75) is 98.4 Å². The monoisotopic (exact) mass is 312 g/mol. The fourth-order valence-electron chi connectivity index (χ4n) is 3.74. The quantitative estimate of drug-likeness (QED) is 0.520. The molecule has 1 amide bonds. The van der Waals surface area contributed by atoms with Crippen LogP contribution in [-0.4, -0.2) is 18.0 Å². The van der Waals surface area contributed by atoms with Crippen molar-refractivity contribution in [2.75, 3.05) is 6.54 Å². The highest BCUT2D eigenvalue weighted by molar-refractivity contribution is 5.85. The van der Waals surface area contributed by atoms with Gasteiger partial charge in [-0.3, -0.25) is 4.79 Å². The lowest BCUT2D eigenvalue weighted by molar-refractivity contribution is -0.127. The van der Waals surface area contributed by atoms with Crippen molar-refractivity contribution in [1.82, 2.24) is 5.32 Å². The molecule has 0 aromatic heterocycles. The summed E-state index contributed by atoms with van der Waals surface area (Å²) in [5.41, 5.74) is 5.59. The molecule has 0 aliphatic carbocycles. The summed E-state index contributed by atoms with van der Waals surface area (Å²) < 4.78 is 0. The Balaban J connectivity index is 5.33. The molecule has 1 atom stereocenters. The van der Waals surface area contributed by atoms with Crippen LogP contribution in [-0.2, 0) is 4.79 Å². The first-order chi connectivity index (χ1) is 10.3. The second kappa shape index (κ2) is 10.3. The van der Waals surface area contributed by atoms with Crippen LogP contribution in [0.3, 0.4) is 0 Å². The second-order valence-corrected chi connectivity index (χ2v) is 7.63. The molecule has 0 radical (unpaired) electrons. The fourth-order valence-corrected chi connectivity index (χ4v) is 3.74. The maximum absolute atomic E-state index is 12.4. The molecule has 0 aliphatic heterocycles. The molecule has 0 spiro atoms. The van der Waals surface area contributed by atoms with Crippen molar-refractivity contribution in [2.24, 2.45) is 17.1 Å². The van der Waals surface area contributed by atoms with Gasteiger partial charge >= 0.3 is 0 Å². The van der Waals surface area contributed by atoms with E-state index in [1.807, 2.05) is 0 Å². The minimum absolute atomic E-state index is 0.159. The Morgan fingerprint density at radius 1 is 0.955 bits per heavy atom. The van der Waals surface area contributed by atoms with Gasteiger partial charge in [0, 0.05) is 6.54 Å². The zero-order valence-corrected chi connectivity index (χ0v) is 15.9. The molecule has 0 aromatic carbocycles. The topological polar surface area (TPSA) is 55.1 Å². The molecule has 0 bridgehead atoms. The maximum atomic E-state index is 12.4. The average Bonchev–Trinajstić information content (AvgIpc) is 2.43. The summed E-state index contributed by atoms with van der Waals surface area (Å²) in [5, 5.41) is 3.65. The Hall–Kier alpha value is -0.570. The molecule has 22 heavy (non-hydrogen) atoms. The molecule has 0 saturated carbocycles. The van der Waals surface area contributed by atoms with Gasteiger partial charge in [-0.15, -0.1) is 0 Å². The normalized spacial score (nSPS) is 15.0. The number of carbonyl (C=O) groups is 1. The van der Waals surface area contributed by atoms with Crippen LogP contribution in [0.15, 0.2) is 0 Å². The number of nitrogens with two attached hydrogens (primary N) is 1. The molecule has 0 heterocycles. The Labute approximate surface area is 138 Å². The van der Waals surface area contributed by atoms with Crippen LogP contribution in [0, 0.1) is 11.3 Å². The van der Waals surface area contributed by atoms with E-state index in [0.717, 1.165) is 51.5 Å². The largest absolute Gasteiger partial charge is 0.368 e. The van der Waals surface area contributed by atoms with Gasteiger partial charge in [0.1, 0.15) is 5.54 Å². The van der Waals surface area contributed by atoms with E-state index in [1.165, 1.54) is 6.42 Å². The molecular weight excluding hydrogens is 272 g/mol. The van der Waals surface area contributed by atoms with Crippen LogP contribution >= 0.6 is 0 Å². The minimum Gasteiger partial charge on any atom is -0.368 e. The molecular formula is C19H40N2O. The SMILES string of the molecule is CCCC(CCC)C(CCC)(NCC(C)(C)CCC)C(N)=O. The smallest absolute Gasteiger partial charge is 0.238 e. The number of primary amides is 1. The van der Waals surface area contributed by atoms with E-state index in [4.69, 9.17) is 5.73 Å². The highest BCUT2D eigenvalue weighted by atomic mass is 16.1. The lowest BCUT2D eigenvalue weighted by atomic mass is 9.74. The molecule has 3 nitrogen and oxygen atoms in total. The van der Waals surface area contributed by atoms with Crippen LogP contribution in [0.1, 0.15) is 92.9 Å². The van der Waals surface area contributed by atoms with E-state index in [9.17, 15) is 4.79 Å². The third kappa shape index (κ3) is 6.28. The molecule has 132 valence electrons. The number of rotatable bonds is 13. The highest BCUT2D eigenvalue weighted by Crippen LogP contribution is 2.33. The summed E-state index contributed by atoms with van der Waals surface area (Å²) >= 11 is 0. The molecule has 0 rings (SSSR count). The van der Waals surface area contributed by atoms with Gasteiger partial charge in [-0.1, -0.05) is 67.2 Å². The zero-order valence-electron chi connectivity index (χ0n) is 15.9. The highest BCUT2D eigenvalue weighted by Gasteiger charge is 2.42. The number of hydrogen-bond donors (Lipinski definition) is 2. The van der Waals surface area contributed by atoms with Crippen molar-refractivity contribution >= 4 is 5.91 Å². The van der Waals surface area contributed by atoms with Gasteiger partial charge in [0.15, 0.2) is 0 Å². The maximum Gasteiger partial charge on any atom is 0.238 e. The van der Waals surface area contributed by atoms with E-state index in [0.29, 0.717) is 5.92 Å². The van der Waals surface area contributed by atoms with Gasteiger partial charge < -0.3 is 11.1 Å². The third-order valence-corrected chi connectivity index (χ3v) is 4.86. The van der Waals surface area contributed by atoms with Gasteiger partial charge in [0.2, 0.25) is 5.91 Å². The van der Waals surface area contributed by atoms with Crippen molar-refractivity contribution in [3.8, 4) is 0 Å². The van der Waals surface area contributed by atoms with E-state index >= 15 is 0 Å². The van der Waals surface area contributed by atoms with Crippen LogP contribution in [0.4, 0.5) is 0 Å². The van der Waals surface area contributed by atoms with E-state index < -0.39 is 5.54 Å². The molecule has 3 N–H and O–H groups in total. The number of nitrogens with one attached hydrogen (secondary N) is 1. The van der Waals surface area contributed by atoms with E-state index in [-0.39, 0.29) is 11.3 Å². The van der Waals surface area contributed by atoms with Crippen molar-refractivity contribution < 1.29 is 4.79 Å². The lowest BCUT2D eigenvalue weighted by Gasteiger charge is -2.41. The molecule has 0 aliphatic rings. The molecule has 0 aromatic rings. The van der Waals surface area contributed by atoms with Crippen molar-refractivity contribution in [3.63, 3.8) is 0 Å².